The molecule has 0 saturated heterocycles. The Morgan fingerprint density at radius 3 is 2.42 bits per heavy atom. The van der Waals surface area contributed by atoms with Gasteiger partial charge in [-0.25, -0.2) is 9.59 Å². The number of aliphatic hydroxyl groups is 2. The van der Waals surface area contributed by atoms with E-state index in [9.17, 15) is 29.7 Å². The molecule has 13 nitrogen and oxygen atoms in total. The molecule has 0 bridgehead atoms. The van der Waals surface area contributed by atoms with Crippen molar-refractivity contribution in [2.75, 3.05) is 39.2 Å². The number of halogens is 1. The first kappa shape index (κ1) is 40.2. The first-order valence-electron chi connectivity index (χ1n) is 17.7. The average molecular weight is 811 g/mol. The molecule has 1 aliphatic carbocycles. The number of thiophene rings is 2. The number of aromatic nitrogens is 1. The fraction of sp³-hybridized carbons (Fsp3) is 0.359. The molecule has 0 unspecified atom stereocenters. The molecular weight excluding hydrogens is 768 g/mol. The predicted octanol–water partition coefficient (Wildman–Crippen LogP) is 6.11. The van der Waals surface area contributed by atoms with Crippen LogP contribution in [0, 0.1) is 0 Å². The van der Waals surface area contributed by atoms with Gasteiger partial charge in [-0.2, -0.15) is 0 Å². The van der Waals surface area contributed by atoms with Crippen LogP contribution >= 0.6 is 34.3 Å². The van der Waals surface area contributed by atoms with Crippen LogP contribution in [-0.4, -0.2) is 83.3 Å². The second kappa shape index (κ2) is 18.0. The van der Waals surface area contributed by atoms with E-state index in [-0.39, 0.29) is 48.2 Å². The van der Waals surface area contributed by atoms with E-state index in [0.29, 0.717) is 62.6 Å². The zero-order chi connectivity index (χ0) is 39.1. The van der Waals surface area contributed by atoms with Gasteiger partial charge >= 0.3 is 12.1 Å². The summed E-state index contributed by atoms with van der Waals surface area (Å²) in [4.78, 5) is 43.4. The Morgan fingerprint density at radius 1 is 1.05 bits per heavy atom. The number of hydrogen-bond donors (Lipinski definition) is 6. The van der Waals surface area contributed by atoms with Gasteiger partial charge in [0.15, 0.2) is 0 Å². The van der Waals surface area contributed by atoms with E-state index in [2.05, 4.69) is 20.5 Å². The number of fused-ring (bicyclic) bond motifs is 1. The lowest BCUT2D eigenvalue weighted by molar-refractivity contribution is -0.169. The molecule has 0 aliphatic heterocycles. The Morgan fingerprint density at radius 2 is 1.76 bits per heavy atom. The van der Waals surface area contributed by atoms with E-state index in [1.165, 1.54) is 41.9 Å². The van der Waals surface area contributed by atoms with Gasteiger partial charge in [-0.05, 0) is 85.5 Å². The number of rotatable bonds is 15. The third kappa shape index (κ3) is 9.50. The van der Waals surface area contributed by atoms with Gasteiger partial charge in [0.1, 0.15) is 24.2 Å². The van der Waals surface area contributed by atoms with Crippen molar-refractivity contribution < 1.29 is 39.1 Å². The second-order valence-electron chi connectivity index (χ2n) is 13.4. The van der Waals surface area contributed by atoms with Crippen molar-refractivity contribution in [2.24, 2.45) is 0 Å². The molecular formula is C39H43ClN4O9S2. The number of carbonyl (C=O) groups excluding carboxylic acids is 2. The lowest BCUT2D eigenvalue weighted by Gasteiger charge is -2.35. The fourth-order valence-electron chi connectivity index (χ4n) is 6.68. The van der Waals surface area contributed by atoms with Crippen LogP contribution in [0.5, 0.6) is 11.5 Å². The number of aromatic amines is 1. The molecule has 6 N–H and O–H groups in total. The molecule has 3 heterocycles. The van der Waals surface area contributed by atoms with Crippen molar-refractivity contribution in [1.82, 2.24) is 15.2 Å². The number of phenolic OH excluding ortho intramolecular Hbond substituents is 1. The number of anilines is 1. The number of esters is 1. The van der Waals surface area contributed by atoms with E-state index < -0.39 is 23.8 Å². The normalized spacial score (nSPS) is 16.5. The number of carbonyl (C=O) groups is 2. The molecule has 5 aromatic rings. The lowest BCUT2D eigenvalue weighted by atomic mass is 9.91. The van der Waals surface area contributed by atoms with Crippen molar-refractivity contribution in [3.8, 4) is 11.5 Å². The topological polar surface area (TPSA) is 183 Å². The molecule has 1 amide bonds. The van der Waals surface area contributed by atoms with Gasteiger partial charge in [0.25, 0.3) is 0 Å². The summed E-state index contributed by atoms with van der Waals surface area (Å²) in [6.45, 7) is 1.05. The molecule has 1 saturated carbocycles. The quantitative estimate of drug-likeness (QED) is 0.0671. The Bertz CT molecular complexity index is 2100. The molecule has 6 rings (SSSR count). The maximum atomic E-state index is 13.3. The van der Waals surface area contributed by atoms with Crippen LogP contribution < -0.4 is 20.9 Å². The van der Waals surface area contributed by atoms with Gasteiger partial charge in [-0.15, -0.1) is 22.7 Å². The van der Waals surface area contributed by atoms with Gasteiger partial charge in [0.2, 0.25) is 11.2 Å². The molecule has 1 atom stereocenters. The first-order chi connectivity index (χ1) is 26.5. The third-order valence-corrected chi connectivity index (χ3v) is 12.0. The summed E-state index contributed by atoms with van der Waals surface area (Å²) in [6, 6.07) is 16.6. The molecule has 292 valence electrons. The number of ether oxygens (including phenoxy) is 3. The zero-order valence-electron chi connectivity index (χ0n) is 30.2. The number of H-pyrrole nitrogens is 1. The van der Waals surface area contributed by atoms with Crippen molar-refractivity contribution in [1.29, 1.82) is 0 Å². The monoisotopic (exact) mass is 810 g/mol. The number of nitrogens with zero attached hydrogens (tertiary/aromatic N) is 1. The number of hydrogen-bond acceptors (Lipinski definition) is 13. The van der Waals surface area contributed by atoms with Crippen LogP contribution in [0.3, 0.4) is 0 Å². The highest BCUT2D eigenvalue weighted by atomic mass is 35.5. The lowest BCUT2D eigenvalue weighted by Crippen LogP contribution is -2.42. The fourth-order valence-corrected chi connectivity index (χ4v) is 8.63. The van der Waals surface area contributed by atoms with Crippen LogP contribution in [-0.2, 0) is 26.4 Å². The third-order valence-electron chi connectivity index (χ3n) is 9.75. The number of pyridine rings is 1. The smallest absolute Gasteiger partial charge is 0.411 e. The zero-order valence-corrected chi connectivity index (χ0v) is 32.6. The van der Waals surface area contributed by atoms with Gasteiger partial charge in [-0.1, -0.05) is 23.7 Å². The van der Waals surface area contributed by atoms with Crippen LogP contribution in [0.25, 0.3) is 10.9 Å². The van der Waals surface area contributed by atoms with Crippen LogP contribution in [0.15, 0.2) is 76.2 Å². The van der Waals surface area contributed by atoms with E-state index >= 15 is 0 Å². The summed E-state index contributed by atoms with van der Waals surface area (Å²) in [5.41, 5.74) is -0.400. The van der Waals surface area contributed by atoms with Gasteiger partial charge < -0.3 is 44.7 Å². The molecule has 0 spiro atoms. The molecule has 2 aromatic carbocycles. The van der Waals surface area contributed by atoms with Gasteiger partial charge in [0, 0.05) is 48.8 Å². The number of benzene rings is 2. The standard InChI is InChI=1S/C39H43ClN4O9S2/c1-44(26-8-10-27(11-9-26)53-37(48)39(50,33-5-3-15-54-33)34-6-4-16-55-34)13-14-52-38(49)42-29-20-32(51-2)25(18-28(29)40)21-41-22-31(46)24-17-23-7-12-35(47)43-36(23)30(45)19-24/h3-7,12,15-20,26-27,31,41,45-46,50H,8-11,13-14,21-22H2,1-2H3,(H,42,49)(H,43,47)/t26-,27-,31-/m0/s1. The maximum Gasteiger partial charge on any atom is 0.411 e. The van der Waals surface area contributed by atoms with Crippen molar-refractivity contribution >= 4 is 62.9 Å². The Labute approximate surface area is 330 Å². The molecule has 0 radical (unpaired) electrons. The summed E-state index contributed by atoms with van der Waals surface area (Å²) in [5, 5.41) is 43.0. The average Bonchev–Trinajstić information content (AvgIpc) is 3.92. The van der Waals surface area contributed by atoms with Crippen LogP contribution in [0.2, 0.25) is 5.02 Å². The number of aliphatic hydroxyl groups excluding tert-OH is 1. The summed E-state index contributed by atoms with van der Waals surface area (Å²) >= 11 is 9.15. The highest BCUT2D eigenvalue weighted by Gasteiger charge is 2.45. The molecule has 3 aromatic heterocycles. The Kier molecular flexibility index (Phi) is 13.1. The number of methoxy groups -OCH3 is 1. The van der Waals surface area contributed by atoms with E-state index in [0.717, 1.165) is 12.8 Å². The minimum absolute atomic E-state index is 0.137. The number of aromatic hydroxyl groups is 1. The summed E-state index contributed by atoms with van der Waals surface area (Å²) in [7, 11) is 3.46. The first-order valence-corrected chi connectivity index (χ1v) is 19.9. The molecule has 1 aliphatic rings. The van der Waals surface area contributed by atoms with Crippen LogP contribution in [0.4, 0.5) is 10.5 Å². The van der Waals surface area contributed by atoms with E-state index in [1.54, 1.807) is 48.5 Å². The van der Waals surface area contributed by atoms with Crippen molar-refractivity contribution in [3.05, 3.63) is 108 Å². The summed E-state index contributed by atoms with van der Waals surface area (Å²) < 4.78 is 16.9. The molecule has 16 heteroatoms. The van der Waals surface area contributed by atoms with Gasteiger partial charge in [0.05, 0.1) is 39.2 Å². The Hall–Kier alpha value is -4.48. The highest BCUT2D eigenvalue weighted by Crippen LogP contribution is 2.38. The summed E-state index contributed by atoms with van der Waals surface area (Å²) in [5.74, 6) is -0.339. The largest absolute Gasteiger partial charge is 0.506 e. The van der Waals surface area contributed by atoms with Crippen molar-refractivity contribution in [2.45, 2.75) is 56.1 Å². The minimum atomic E-state index is -1.83. The summed E-state index contributed by atoms with van der Waals surface area (Å²) in [6.07, 6.45) is 0.928. The van der Waals surface area contributed by atoms with E-state index in [1.807, 2.05) is 17.8 Å². The van der Waals surface area contributed by atoms with Crippen LogP contribution in [0.1, 0.15) is 52.7 Å². The number of phenols is 1. The molecule has 55 heavy (non-hydrogen) atoms. The molecule has 1 fully saturated rings. The number of likely N-dealkylation sites (N-methyl/N-ethyl adjacent to an activating group) is 1. The highest BCUT2D eigenvalue weighted by molar-refractivity contribution is 7.12. The van der Waals surface area contributed by atoms with Gasteiger partial charge in [-0.3, -0.25) is 10.1 Å². The SMILES string of the molecule is COc1cc(NC(=O)OCCN(C)[C@H]2CC[C@H](OC(=O)C(O)(c3cccs3)c3cccs3)CC2)c(Cl)cc1CNC[C@H](O)c1cc(O)c2[nH]c(=O)ccc2c1. The Balaban J connectivity index is 0.933. The number of nitrogens with one attached hydrogen (secondary N) is 3. The minimum Gasteiger partial charge on any atom is -0.506 e. The predicted molar refractivity (Wildman–Crippen MR) is 212 cm³/mol. The van der Waals surface area contributed by atoms with E-state index in [4.69, 9.17) is 25.8 Å². The number of amides is 1. The van der Waals surface area contributed by atoms with Crippen molar-refractivity contribution in [3.63, 3.8) is 0 Å². The maximum absolute atomic E-state index is 13.3. The second-order valence-corrected chi connectivity index (χ2v) is 15.7.